The predicted molar refractivity (Wildman–Crippen MR) is 92.1 cm³/mol. The van der Waals surface area contributed by atoms with Crippen LogP contribution in [0.3, 0.4) is 0 Å². The van der Waals surface area contributed by atoms with E-state index in [2.05, 4.69) is 20.9 Å². The van der Waals surface area contributed by atoms with Crippen molar-refractivity contribution in [2.24, 2.45) is 4.99 Å². The van der Waals surface area contributed by atoms with Gasteiger partial charge in [-0.05, 0) is 58.8 Å². The second kappa shape index (κ2) is 5.79. The zero-order chi connectivity index (χ0) is 16.7. The third-order valence-electron chi connectivity index (χ3n) is 3.64. The lowest BCUT2D eigenvalue weighted by Gasteiger charge is -2.01. The van der Waals surface area contributed by atoms with E-state index in [1.54, 1.807) is 12.1 Å². The van der Waals surface area contributed by atoms with Crippen LogP contribution in [-0.2, 0) is 9.53 Å². The number of aliphatic imine (C=N–C) groups is 1. The summed E-state index contributed by atoms with van der Waals surface area (Å²) < 4.78 is 16.8. The number of cyclic esters (lactones) is 1. The van der Waals surface area contributed by atoms with Crippen molar-refractivity contribution in [3.8, 4) is 11.5 Å². The minimum Gasteiger partial charge on any atom is -0.454 e. The maximum absolute atomic E-state index is 12.1. The smallest absolute Gasteiger partial charge is 0.363 e. The van der Waals surface area contributed by atoms with Crippen LogP contribution in [0.4, 0.5) is 0 Å². The number of aryl methyl sites for hydroxylation is 1. The number of benzene rings is 2. The van der Waals surface area contributed by atoms with Crippen LogP contribution < -0.4 is 9.47 Å². The van der Waals surface area contributed by atoms with Crippen molar-refractivity contribution in [2.45, 2.75) is 6.92 Å². The molecule has 24 heavy (non-hydrogen) atoms. The third-order valence-corrected chi connectivity index (χ3v) is 4.23. The van der Waals surface area contributed by atoms with E-state index in [0.29, 0.717) is 17.4 Å². The molecular weight excluding hydrogens is 374 g/mol. The maximum Gasteiger partial charge on any atom is 0.363 e. The fraction of sp³-hybridized carbons (Fsp3) is 0.111. The lowest BCUT2D eigenvalue weighted by Crippen LogP contribution is -2.05. The van der Waals surface area contributed by atoms with E-state index in [4.69, 9.17) is 14.2 Å². The summed E-state index contributed by atoms with van der Waals surface area (Å²) in [6.45, 7) is 2.16. The summed E-state index contributed by atoms with van der Waals surface area (Å²) in [6.07, 6.45) is 1.66. The van der Waals surface area contributed by atoms with Crippen LogP contribution >= 0.6 is 15.9 Å². The number of fused-ring (bicyclic) bond motifs is 1. The van der Waals surface area contributed by atoms with Gasteiger partial charge >= 0.3 is 5.97 Å². The molecule has 120 valence electrons. The molecule has 5 nitrogen and oxygen atoms in total. The van der Waals surface area contributed by atoms with Gasteiger partial charge in [-0.3, -0.25) is 0 Å². The monoisotopic (exact) mass is 385 g/mol. The Morgan fingerprint density at radius 1 is 1.21 bits per heavy atom. The molecule has 2 aliphatic rings. The standard InChI is InChI=1S/C18H12BrNO4/c1-10-3-2-4-12(5-10)17-20-14(18(21)24-17)7-11-6-13(19)16-15(8-11)22-9-23-16/h2-8H,9H2,1H3/b14-7-. The van der Waals surface area contributed by atoms with Crippen LogP contribution in [0.15, 0.2) is 51.6 Å². The van der Waals surface area contributed by atoms with Gasteiger partial charge in [-0.2, -0.15) is 0 Å². The van der Waals surface area contributed by atoms with Crippen molar-refractivity contribution in [1.29, 1.82) is 0 Å². The first-order chi connectivity index (χ1) is 11.6. The van der Waals surface area contributed by atoms with Crippen LogP contribution in [0.2, 0.25) is 0 Å². The fourth-order valence-corrected chi connectivity index (χ4v) is 3.11. The molecule has 6 heteroatoms. The van der Waals surface area contributed by atoms with E-state index in [9.17, 15) is 4.79 Å². The number of rotatable bonds is 2. The number of hydrogen-bond acceptors (Lipinski definition) is 5. The summed E-state index contributed by atoms with van der Waals surface area (Å²) in [7, 11) is 0. The molecular formula is C18H12BrNO4. The number of hydrogen-bond donors (Lipinski definition) is 0. The van der Waals surface area contributed by atoms with Crippen molar-refractivity contribution in [2.75, 3.05) is 6.79 Å². The minimum absolute atomic E-state index is 0.186. The van der Waals surface area contributed by atoms with E-state index in [1.165, 1.54) is 0 Å². The van der Waals surface area contributed by atoms with E-state index in [-0.39, 0.29) is 12.5 Å². The molecule has 0 bridgehead atoms. The highest BCUT2D eigenvalue weighted by Gasteiger charge is 2.25. The van der Waals surface area contributed by atoms with E-state index >= 15 is 0 Å². The summed E-state index contributed by atoms with van der Waals surface area (Å²) in [4.78, 5) is 16.4. The minimum atomic E-state index is -0.472. The topological polar surface area (TPSA) is 57.1 Å². The van der Waals surface area contributed by atoms with E-state index in [0.717, 1.165) is 21.2 Å². The number of halogens is 1. The third kappa shape index (κ3) is 2.69. The molecule has 0 N–H and O–H groups in total. The average Bonchev–Trinajstić information content (AvgIpc) is 3.15. The Balaban J connectivity index is 1.70. The van der Waals surface area contributed by atoms with Gasteiger partial charge in [-0.15, -0.1) is 0 Å². The Morgan fingerprint density at radius 3 is 2.92 bits per heavy atom. The maximum atomic E-state index is 12.1. The van der Waals surface area contributed by atoms with Crippen LogP contribution in [-0.4, -0.2) is 18.7 Å². The largest absolute Gasteiger partial charge is 0.454 e. The van der Waals surface area contributed by atoms with Crippen LogP contribution in [0, 0.1) is 6.92 Å². The molecule has 0 saturated carbocycles. The lowest BCUT2D eigenvalue weighted by molar-refractivity contribution is -0.129. The molecule has 2 aliphatic heterocycles. The SMILES string of the molecule is Cc1cccc(C2=N/C(=C\c3cc(Br)c4c(c3)OCO4)C(=O)O2)c1. The average molecular weight is 386 g/mol. The van der Waals surface area contributed by atoms with Gasteiger partial charge in [-0.1, -0.05) is 17.7 Å². The predicted octanol–water partition coefficient (Wildman–Crippen LogP) is 3.83. The molecule has 0 saturated heterocycles. The summed E-state index contributed by atoms with van der Waals surface area (Å²) in [6, 6.07) is 11.3. The van der Waals surface area contributed by atoms with Crippen molar-refractivity contribution < 1.29 is 19.0 Å². The number of ether oxygens (including phenoxy) is 3. The van der Waals surface area contributed by atoms with Crippen molar-refractivity contribution >= 4 is 33.9 Å². The van der Waals surface area contributed by atoms with Crippen molar-refractivity contribution in [1.82, 2.24) is 0 Å². The second-order valence-corrected chi connectivity index (χ2v) is 6.30. The molecule has 0 amide bonds. The van der Waals surface area contributed by atoms with E-state index < -0.39 is 5.97 Å². The molecule has 4 rings (SSSR count). The fourth-order valence-electron chi connectivity index (χ4n) is 2.54. The van der Waals surface area contributed by atoms with Crippen molar-refractivity contribution in [3.63, 3.8) is 0 Å². The number of carbonyl (C=O) groups is 1. The highest BCUT2D eigenvalue weighted by atomic mass is 79.9. The Labute approximate surface area is 146 Å². The highest BCUT2D eigenvalue weighted by Crippen LogP contribution is 2.40. The Bertz CT molecular complexity index is 917. The highest BCUT2D eigenvalue weighted by molar-refractivity contribution is 9.10. The molecule has 0 radical (unpaired) electrons. The van der Waals surface area contributed by atoms with E-state index in [1.807, 2.05) is 37.3 Å². The van der Waals surface area contributed by atoms with Crippen LogP contribution in [0.5, 0.6) is 11.5 Å². The number of nitrogens with zero attached hydrogens (tertiary/aromatic N) is 1. The molecule has 2 aromatic carbocycles. The summed E-state index contributed by atoms with van der Waals surface area (Å²) >= 11 is 3.43. The number of esters is 1. The normalized spacial score (nSPS) is 17.2. The summed E-state index contributed by atoms with van der Waals surface area (Å²) in [5.41, 5.74) is 2.87. The zero-order valence-corrected chi connectivity index (χ0v) is 14.3. The molecule has 0 fully saturated rings. The second-order valence-electron chi connectivity index (χ2n) is 5.44. The molecule has 0 atom stereocenters. The molecule has 0 aromatic heterocycles. The van der Waals surface area contributed by atoms with Gasteiger partial charge in [0.2, 0.25) is 12.7 Å². The number of carbonyl (C=O) groups excluding carboxylic acids is 1. The zero-order valence-electron chi connectivity index (χ0n) is 12.7. The van der Waals surface area contributed by atoms with Gasteiger partial charge in [-0.25, -0.2) is 9.79 Å². The molecule has 2 heterocycles. The Morgan fingerprint density at radius 2 is 2.08 bits per heavy atom. The van der Waals surface area contributed by atoms with Gasteiger partial charge in [0, 0.05) is 5.56 Å². The molecule has 2 aromatic rings. The van der Waals surface area contributed by atoms with Gasteiger partial charge in [0.15, 0.2) is 17.2 Å². The van der Waals surface area contributed by atoms with Gasteiger partial charge in [0.25, 0.3) is 0 Å². The molecule has 0 unspecified atom stereocenters. The van der Waals surface area contributed by atoms with Gasteiger partial charge < -0.3 is 14.2 Å². The quantitative estimate of drug-likeness (QED) is 0.582. The first-order valence-corrected chi connectivity index (χ1v) is 8.08. The van der Waals surface area contributed by atoms with Crippen LogP contribution in [0.25, 0.3) is 6.08 Å². The lowest BCUT2D eigenvalue weighted by atomic mass is 10.1. The first kappa shape index (κ1) is 15.0. The van der Waals surface area contributed by atoms with Crippen molar-refractivity contribution in [3.05, 3.63) is 63.3 Å². The summed E-state index contributed by atoms with van der Waals surface area (Å²) in [5, 5.41) is 0. The summed E-state index contributed by atoms with van der Waals surface area (Å²) in [5.74, 6) is 1.13. The van der Waals surface area contributed by atoms with Crippen LogP contribution in [0.1, 0.15) is 16.7 Å². The Hall–Kier alpha value is -2.60. The first-order valence-electron chi connectivity index (χ1n) is 7.29. The molecule has 0 spiro atoms. The van der Waals surface area contributed by atoms with Gasteiger partial charge in [0.05, 0.1) is 4.47 Å². The molecule has 0 aliphatic carbocycles. The van der Waals surface area contributed by atoms with Gasteiger partial charge in [0.1, 0.15) is 0 Å². The Kier molecular flexibility index (Phi) is 3.61.